The van der Waals surface area contributed by atoms with Crippen molar-refractivity contribution >= 4 is 71.4 Å². The van der Waals surface area contributed by atoms with Gasteiger partial charge in [-0.25, -0.2) is 40.0 Å². The minimum atomic E-state index is -0.761. The summed E-state index contributed by atoms with van der Waals surface area (Å²) in [5.74, 6) is 0.522. The van der Waals surface area contributed by atoms with Gasteiger partial charge in [-0.15, -0.1) is 0 Å². The van der Waals surface area contributed by atoms with E-state index in [0.717, 1.165) is 74.7 Å². The molecule has 3 aliphatic heterocycles. The summed E-state index contributed by atoms with van der Waals surface area (Å²) in [5.41, 5.74) is 24.2. The van der Waals surface area contributed by atoms with Crippen molar-refractivity contribution in [3.05, 3.63) is 125 Å². The van der Waals surface area contributed by atoms with Crippen molar-refractivity contribution in [1.82, 2.24) is 20.9 Å². The van der Waals surface area contributed by atoms with E-state index in [0.29, 0.717) is 63.1 Å². The molecule has 5 N–H and O–H groups in total. The first-order chi connectivity index (χ1) is 47.5. The van der Waals surface area contributed by atoms with Crippen LogP contribution >= 0.6 is 0 Å². The van der Waals surface area contributed by atoms with E-state index in [1.807, 2.05) is 72.4 Å². The Morgan fingerprint density at radius 3 is 1.36 bits per heavy atom. The zero-order valence-electron chi connectivity index (χ0n) is 66.0. The highest BCUT2D eigenvalue weighted by Crippen LogP contribution is 2.35. The lowest BCUT2D eigenvalue weighted by Crippen LogP contribution is -2.59. The number of hydrogen-bond donors (Lipinski definition) is 4. The molecule has 0 radical (unpaired) electrons. The molecule has 3 heterocycles. The zero-order chi connectivity index (χ0) is 79.0. The Kier molecular flexibility index (Phi) is 34.3. The number of ether oxygens (including phenoxy) is 4. The highest BCUT2D eigenvalue weighted by molar-refractivity contribution is 5.96. The van der Waals surface area contributed by atoms with Gasteiger partial charge >= 0.3 is 30.5 Å². The lowest BCUT2D eigenvalue weighted by Gasteiger charge is -2.40. The van der Waals surface area contributed by atoms with Gasteiger partial charge in [0.25, 0.3) is 5.69 Å². The number of benzene rings is 4. The summed E-state index contributed by atoms with van der Waals surface area (Å²) in [6.45, 7) is 49.2. The topological polar surface area (TPSA) is 333 Å². The van der Waals surface area contributed by atoms with Crippen LogP contribution in [-0.4, -0.2) is 137 Å². The molecule has 3 atom stereocenters. The molecule has 0 aromatic heterocycles. The van der Waals surface area contributed by atoms with Crippen molar-refractivity contribution in [1.29, 1.82) is 0 Å². The Balaban J connectivity index is 0.000000460. The number of nitrogens with two attached hydrogens (primary N) is 1. The number of azo groups is 1. The lowest BCUT2D eigenvalue weighted by molar-refractivity contribution is -0.385. The maximum atomic E-state index is 13.1. The fourth-order valence-corrected chi connectivity index (χ4v) is 10.8. The molecule has 3 aliphatic rings. The molecule has 0 aliphatic carbocycles. The normalized spacial score (nSPS) is 15.2. The molecule has 0 fully saturated rings. The van der Waals surface area contributed by atoms with Crippen LogP contribution in [0.1, 0.15) is 204 Å². The first kappa shape index (κ1) is 89.8. The van der Waals surface area contributed by atoms with Crippen LogP contribution in [-0.2, 0) is 68.6 Å². The predicted octanol–water partition coefficient (Wildman–Crippen LogP) is 14.8. The van der Waals surface area contributed by atoms with E-state index < -0.39 is 57.7 Å². The number of amides is 6. The summed E-state index contributed by atoms with van der Waals surface area (Å²) < 4.78 is 21.7. The van der Waals surface area contributed by atoms with E-state index in [9.17, 15) is 43.7 Å². The number of carbonyl (C=O) groups excluding carboxylic acids is 9. The maximum Gasteiger partial charge on any atom is 0.429 e. The van der Waals surface area contributed by atoms with Crippen molar-refractivity contribution in [3.63, 3.8) is 0 Å². The number of hydrazine groups is 2. The maximum absolute atomic E-state index is 13.1. The number of nitrogens with zero attached hydrogens (tertiary/aromatic N) is 7. The Bertz CT molecular complexity index is 3660. The van der Waals surface area contributed by atoms with E-state index in [1.165, 1.54) is 32.8 Å². The number of aldehydes is 1. The fraction of sp³-hybridized carbons (Fsp3) is 0.584. The van der Waals surface area contributed by atoms with Gasteiger partial charge in [0.15, 0.2) is 0 Å². The summed E-state index contributed by atoms with van der Waals surface area (Å²) in [5, 5.41) is 24.0. The Morgan fingerprint density at radius 1 is 0.592 bits per heavy atom. The van der Waals surface area contributed by atoms with Gasteiger partial charge in [-0.1, -0.05) is 32.0 Å². The Hall–Kier alpha value is -9.29. The number of anilines is 3. The highest BCUT2D eigenvalue weighted by atomic mass is 16.6. The number of carbonyl (C=O) groups is 7. The third-order valence-corrected chi connectivity index (χ3v) is 16.0. The number of aryl methyl sites for hydroxylation is 9. The monoisotopic (exact) mass is 1440 g/mol. The summed E-state index contributed by atoms with van der Waals surface area (Å²) in [6.07, 6.45) is 1.92. The average molecular weight is 1440 g/mol. The standard InChI is InChI=1S/C24H37N3O5.C21H33N3O4.C15H22N2O.C11H13NO3.C5H12N2.CO2/c1-10-20(28)26-14-18(13-17-11-15(2)16(3)12-19(17)26)27(22(30)32-24(7,8)9)25-21(29)31-23(4,5)6;1-13-9-15-11-16(12-22-17(15)10-14(13)2)24(19(26)28-21(6,7)8)23-18(25)27-20(3,4)5;1-4-15(18)17-9-12(8-16)7-13-5-10(2)11(3)6-14(13)17;1-8-6-10(4-3-5-13)11(12(14)15)7-9(8)2;1-5(2,3)7-6-4;2-1-3/h11-12,18H,10,13-14H2,1-9H3,(H,25,29);9-10,16,22H,11-12H2,1-8H3,(H,23,25);5-6,12H,4,7-9,16H2,1-3H3;5-7H,3-4H2,1-2H3;1-4H3;/t;;12-;;;/m..1.../s1. The van der Waals surface area contributed by atoms with Crippen LogP contribution in [0.2, 0.25) is 0 Å². The van der Waals surface area contributed by atoms with E-state index in [-0.39, 0.29) is 41.8 Å². The van der Waals surface area contributed by atoms with E-state index in [1.54, 1.807) is 114 Å². The lowest BCUT2D eigenvalue weighted by atomic mass is 9.90. The molecule has 4 aromatic carbocycles. The van der Waals surface area contributed by atoms with Gasteiger partial charge in [0.1, 0.15) is 28.7 Å². The summed E-state index contributed by atoms with van der Waals surface area (Å²) in [4.78, 5) is 116. The van der Waals surface area contributed by atoms with Crippen LogP contribution in [0.25, 0.3) is 0 Å². The molecule has 26 heteroatoms. The van der Waals surface area contributed by atoms with Crippen LogP contribution in [0.5, 0.6) is 0 Å². The van der Waals surface area contributed by atoms with Crippen molar-refractivity contribution in [2.24, 2.45) is 21.9 Å². The van der Waals surface area contributed by atoms with Crippen LogP contribution in [0, 0.1) is 71.4 Å². The third-order valence-electron chi connectivity index (χ3n) is 16.0. The smallest absolute Gasteiger partial charge is 0.429 e. The van der Waals surface area contributed by atoms with Crippen LogP contribution in [0.15, 0.2) is 58.8 Å². The molecular weight excluding hydrogens is 1320 g/mol. The van der Waals surface area contributed by atoms with Crippen molar-refractivity contribution < 1.29 is 67.0 Å². The quantitative estimate of drug-likeness (QED) is 0.0398. The van der Waals surface area contributed by atoms with Gasteiger partial charge in [0.05, 0.1) is 22.5 Å². The van der Waals surface area contributed by atoms with E-state index in [4.69, 9.17) is 34.3 Å². The molecule has 6 amide bonds. The molecular formula is C77H117N11O15. The van der Waals surface area contributed by atoms with Gasteiger partial charge in [-0.2, -0.15) is 19.8 Å². The molecule has 0 bridgehead atoms. The molecule has 26 nitrogen and oxygen atoms in total. The number of nitro groups is 1. The zero-order valence-corrected chi connectivity index (χ0v) is 66.0. The average Bonchev–Trinajstić information content (AvgIpc) is 0.786. The second kappa shape index (κ2) is 39.4. The minimum absolute atomic E-state index is 0.00868. The first-order valence-corrected chi connectivity index (χ1v) is 34.8. The molecule has 4 aromatic rings. The Labute approximate surface area is 610 Å². The van der Waals surface area contributed by atoms with Crippen LogP contribution in [0.3, 0.4) is 0 Å². The molecule has 7 rings (SSSR count). The molecule has 2 unspecified atom stereocenters. The number of rotatable bonds is 9. The van der Waals surface area contributed by atoms with Gasteiger partial charge in [-0.05, 0) is 283 Å². The fourth-order valence-electron chi connectivity index (χ4n) is 10.8. The minimum Gasteiger partial charge on any atom is -0.443 e. The highest BCUT2D eigenvalue weighted by Gasteiger charge is 2.39. The Morgan fingerprint density at radius 2 is 0.971 bits per heavy atom. The molecule has 0 saturated carbocycles. The second-order valence-corrected chi connectivity index (χ2v) is 30.9. The largest absolute Gasteiger partial charge is 0.443 e. The van der Waals surface area contributed by atoms with Crippen molar-refractivity contribution in [3.8, 4) is 0 Å². The number of hydrogen-bond acceptors (Lipinski definition) is 19. The van der Waals surface area contributed by atoms with E-state index >= 15 is 0 Å². The van der Waals surface area contributed by atoms with E-state index in [2.05, 4.69) is 78.4 Å². The first-order valence-electron chi connectivity index (χ1n) is 34.8. The van der Waals surface area contributed by atoms with Crippen LogP contribution < -0.4 is 31.7 Å². The van der Waals surface area contributed by atoms with Crippen molar-refractivity contribution in [2.45, 2.75) is 258 Å². The molecule has 0 spiro atoms. The van der Waals surface area contributed by atoms with Crippen molar-refractivity contribution in [2.75, 3.05) is 48.3 Å². The van der Waals surface area contributed by atoms with Crippen LogP contribution in [0.4, 0.5) is 41.9 Å². The molecule has 103 heavy (non-hydrogen) atoms. The third kappa shape index (κ3) is 30.7. The second-order valence-electron chi connectivity index (χ2n) is 30.9. The molecule has 0 saturated heterocycles. The number of fused-ring (bicyclic) bond motifs is 3. The summed E-state index contributed by atoms with van der Waals surface area (Å²) >= 11 is 0. The SMILES string of the molecule is CCC(=O)N1CC(N(NC(=O)OC(C)(C)C)C(=O)OC(C)(C)C)Cc2cc(C)c(C)cc21.CCC(=O)N1C[C@@H](CN)Cc2cc(C)c(C)cc21.CN=NC(C)(C)C.Cc1cc(CCC=O)c([N+](=O)[O-])cc1C.Cc1cc2c(cc1C)NCC(N(NC(=O)OC(C)(C)C)C(=O)OC(C)(C)C)C2.O=C=O. The van der Waals surface area contributed by atoms with Gasteiger partial charge < -0.3 is 44.6 Å². The summed E-state index contributed by atoms with van der Waals surface area (Å²) in [6, 6.07) is 15.1. The molecule has 570 valence electrons. The number of nitrogens with one attached hydrogen (secondary N) is 3. The predicted molar refractivity (Wildman–Crippen MR) is 400 cm³/mol. The summed E-state index contributed by atoms with van der Waals surface area (Å²) in [7, 11) is 1.69. The van der Waals surface area contributed by atoms with Gasteiger partial charge in [0.2, 0.25) is 11.8 Å². The van der Waals surface area contributed by atoms with Gasteiger partial charge in [0, 0.05) is 74.6 Å². The number of nitro benzene ring substituents is 1. The van der Waals surface area contributed by atoms with Gasteiger partial charge in [-0.3, -0.25) is 19.7 Å².